The van der Waals surface area contributed by atoms with Crippen molar-refractivity contribution >= 4 is 12.0 Å². The fraction of sp³-hybridized carbons (Fsp3) is 0.833. The lowest BCUT2D eigenvalue weighted by Gasteiger charge is -2.33. The van der Waals surface area contributed by atoms with Crippen molar-refractivity contribution in [2.45, 2.75) is 18.9 Å². The number of rotatable bonds is 3. The van der Waals surface area contributed by atoms with Crippen LogP contribution in [0.15, 0.2) is 0 Å². The summed E-state index contributed by atoms with van der Waals surface area (Å²) < 4.78 is 10.4. The van der Waals surface area contributed by atoms with Crippen molar-refractivity contribution < 1.29 is 24.2 Å². The van der Waals surface area contributed by atoms with E-state index in [0.29, 0.717) is 25.6 Å². The van der Waals surface area contributed by atoms with Crippen LogP contribution in [0.25, 0.3) is 0 Å². The second-order valence-electron chi connectivity index (χ2n) is 4.86. The van der Waals surface area contributed by atoms with Crippen LogP contribution in [0.1, 0.15) is 12.8 Å². The first-order valence-electron chi connectivity index (χ1n) is 6.61. The van der Waals surface area contributed by atoms with Gasteiger partial charge in [-0.25, -0.2) is 9.59 Å². The Balaban J connectivity index is 1.81. The Morgan fingerprint density at radius 3 is 2.63 bits per heavy atom. The normalized spacial score (nSPS) is 25.1. The highest BCUT2D eigenvalue weighted by atomic mass is 16.5. The fourth-order valence-corrected chi connectivity index (χ4v) is 2.34. The lowest BCUT2D eigenvalue weighted by molar-refractivity contribution is -0.147. The van der Waals surface area contributed by atoms with Crippen molar-refractivity contribution in [3.63, 3.8) is 0 Å². The first-order valence-corrected chi connectivity index (χ1v) is 6.61. The van der Waals surface area contributed by atoms with Gasteiger partial charge in [0.05, 0.1) is 13.2 Å². The van der Waals surface area contributed by atoms with Crippen LogP contribution in [0, 0.1) is 5.92 Å². The number of carbonyl (C=O) groups is 2. The van der Waals surface area contributed by atoms with Crippen molar-refractivity contribution in [1.82, 2.24) is 10.2 Å². The summed E-state index contributed by atoms with van der Waals surface area (Å²) in [7, 11) is 0. The van der Waals surface area contributed by atoms with Gasteiger partial charge in [-0.3, -0.25) is 0 Å². The molecule has 0 radical (unpaired) electrons. The van der Waals surface area contributed by atoms with Gasteiger partial charge in [-0.15, -0.1) is 0 Å². The molecule has 2 saturated heterocycles. The maximum Gasteiger partial charge on any atom is 0.328 e. The Bertz CT molecular complexity index is 330. The van der Waals surface area contributed by atoms with E-state index >= 15 is 0 Å². The molecule has 0 spiro atoms. The molecule has 2 fully saturated rings. The zero-order valence-electron chi connectivity index (χ0n) is 10.8. The number of carbonyl (C=O) groups excluding carboxylic acids is 1. The summed E-state index contributed by atoms with van der Waals surface area (Å²) in [5.74, 6) is -0.608. The Hall–Kier alpha value is -1.34. The average molecular weight is 272 g/mol. The number of amides is 2. The molecule has 2 aliphatic heterocycles. The van der Waals surface area contributed by atoms with Gasteiger partial charge in [0, 0.05) is 26.3 Å². The van der Waals surface area contributed by atoms with E-state index in [9.17, 15) is 9.59 Å². The Labute approximate surface area is 111 Å². The summed E-state index contributed by atoms with van der Waals surface area (Å²) in [4.78, 5) is 24.4. The van der Waals surface area contributed by atoms with Crippen LogP contribution in [0.3, 0.4) is 0 Å². The van der Waals surface area contributed by atoms with Gasteiger partial charge in [-0.05, 0) is 18.8 Å². The lowest BCUT2D eigenvalue weighted by Crippen LogP contribution is -2.56. The van der Waals surface area contributed by atoms with Crippen molar-refractivity contribution in [3.8, 4) is 0 Å². The number of aliphatic carboxylic acids is 1. The monoisotopic (exact) mass is 272 g/mol. The Kier molecular flexibility index (Phi) is 4.98. The number of nitrogens with one attached hydrogen (secondary N) is 1. The highest BCUT2D eigenvalue weighted by Crippen LogP contribution is 2.14. The highest BCUT2D eigenvalue weighted by Gasteiger charge is 2.32. The van der Waals surface area contributed by atoms with Gasteiger partial charge in [-0.2, -0.15) is 0 Å². The summed E-state index contributed by atoms with van der Waals surface area (Å²) in [6.45, 7) is 2.79. The largest absolute Gasteiger partial charge is 0.480 e. The van der Waals surface area contributed by atoms with Gasteiger partial charge in [0.2, 0.25) is 0 Å². The zero-order chi connectivity index (χ0) is 13.7. The molecule has 1 atom stereocenters. The zero-order valence-corrected chi connectivity index (χ0v) is 10.8. The Morgan fingerprint density at radius 2 is 1.95 bits per heavy atom. The molecule has 2 N–H and O–H groups in total. The lowest BCUT2D eigenvalue weighted by atomic mass is 10.0. The summed E-state index contributed by atoms with van der Waals surface area (Å²) >= 11 is 0. The molecule has 1 unspecified atom stereocenters. The summed E-state index contributed by atoms with van der Waals surface area (Å²) in [6, 6.07) is -1.20. The molecule has 7 nitrogen and oxygen atoms in total. The third-order valence-corrected chi connectivity index (χ3v) is 3.56. The van der Waals surface area contributed by atoms with Crippen molar-refractivity contribution in [2.24, 2.45) is 5.92 Å². The Morgan fingerprint density at radius 1 is 1.21 bits per heavy atom. The minimum Gasteiger partial charge on any atom is -0.480 e. The van der Waals surface area contributed by atoms with Gasteiger partial charge < -0.3 is 24.8 Å². The first kappa shape index (κ1) is 14.1. The molecule has 2 rings (SSSR count). The van der Waals surface area contributed by atoms with Crippen molar-refractivity contribution in [1.29, 1.82) is 0 Å². The molecular weight excluding hydrogens is 252 g/mol. The standard InChI is InChI=1S/C12H20N2O5/c15-11(16)10-8-19-6-3-14(10)12(17)13-7-9-1-4-18-5-2-9/h9-10H,1-8H2,(H,13,17)(H,15,16). The maximum absolute atomic E-state index is 12.0. The predicted molar refractivity (Wildman–Crippen MR) is 65.9 cm³/mol. The SMILES string of the molecule is O=C(O)C1COCCN1C(=O)NCC1CCOCC1. The molecule has 19 heavy (non-hydrogen) atoms. The minimum atomic E-state index is -1.03. The topological polar surface area (TPSA) is 88.1 Å². The molecule has 2 amide bonds. The van der Waals surface area contributed by atoms with Gasteiger partial charge in [0.1, 0.15) is 0 Å². The molecule has 2 aliphatic rings. The molecular formula is C12H20N2O5. The third kappa shape index (κ3) is 3.81. The third-order valence-electron chi connectivity index (χ3n) is 3.56. The van der Waals surface area contributed by atoms with E-state index in [1.165, 1.54) is 4.90 Å². The van der Waals surface area contributed by atoms with Gasteiger partial charge in [0.25, 0.3) is 0 Å². The summed E-state index contributed by atoms with van der Waals surface area (Å²) in [5.41, 5.74) is 0. The van der Waals surface area contributed by atoms with Gasteiger partial charge in [0.15, 0.2) is 6.04 Å². The summed E-state index contributed by atoms with van der Waals surface area (Å²) in [5, 5.41) is 11.9. The molecule has 0 aromatic carbocycles. The van der Waals surface area contributed by atoms with E-state index < -0.39 is 12.0 Å². The van der Waals surface area contributed by atoms with Gasteiger partial charge in [-0.1, -0.05) is 0 Å². The first-order chi connectivity index (χ1) is 9.18. The van der Waals surface area contributed by atoms with E-state index in [0.717, 1.165) is 26.1 Å². The number of morpholine rings is 1. The number of carboxylic acids is 1. The maximum atomic E-state index is 12.0. The number of nitrogens with zero attached hydrogens (tertiary/aromatic N) is 1. The molecule has 0 aromatic rings. The van der Waals surface area contributed by atoms with E-state index in [-0.39, 0.29) is 12.6 Å². The van der Waals surface area contributed by atoms with Crippen LogP contribution >= 0.6 is 0 Å². The molecule has 0 aliphatic carbocycles. The number of hydrogen-bond donors (Lipinski definition) is 2. The molecule has 108 valence electrons. The average Bonchev–Trinajstić information content (AvgIpc) is 2.46. The van der Waals surface area contributed by atoms with Crippen LogP contribution in [0.5, 0.6) is 0 Å². The quantitative estimate of drug-likeness (QED) is 0.749. The minimum absolute atomic E-state index is 0.0556. The molecule has 7 heteroatoms. The summed E-state index contributed by atoms with van der Waals surface area (Å²) in [6.07, 6.45) is 1.87. The number of hydrogen-bond acceptors (Lipinski definition) is 4. The molecule has 0 saturated carbocycles. The predicted octanol–water partition coefficient (Wildman–Crippen LogP) is -0.0920. The van der Waals surface area contributed by atoms with E-state index in [1.54, 1.807) is 0 Å². The second kappa shape index (κ2) is 6.72. The van der Waals surface area contributed by atoms with Crippen LogP contribution in [0.4, 0.5) is 4.79 Å². The van der Waals surface area contributed by atoms with Crippen LogP contribution in [-0.4, -0.2) is 67.6 Å². The molecule has 0 aromatic heterocycles. The molecule has 2 heterocycles. The molecule has 0 bridgehead atoms. The van der Waals surface area contributed by atoms with Gasteiger partial charge >= 0.3 is 12.0 Å². The van der Waals surface area contributed by atoms with Crippen molar-refractivity contribution in [3.05, 3.63) is 0 Å². The number of ether oxygens (including phenoxy) is 2. The van der Waals surface area contributed by atoms with E-state index in [2.05, 4.69) is 5.32 Å². The number of carboxylic acid groups (broad SMARTS) is 1. The second-order valence-corrected chi connectivity index (χ2v) is 4.86. The van der Waals surface area contributed by atoms with Crippen molar-refractivity contribution in [2.75, 3.05) is 39.5 Å². The van der Waals surface area contributed by atoms with Crippen LogP contribution in [-0.2, 0) is 14.3 Å². The van der Waals surface area contributed by atoms with E-state index in [1.807, 2.05) is 0 Å². The smallest absolute Gasteiger partial charge is 0.328 e. The van der Waals surface area contributed by atoms with E-state index in [4.69, 9.17) is 14.6 Å². The highest BCUT2D eigenvalue weighted by molar-refractivity contribution is 5.83. The van der Waals surface area contributed by atoms with Crippen LogP contribution < -0.4 is 5.32 Å². The fourth-order valence-electron chi connectivity index (χ4n) is 2.34. The van der Waals surface area contributed by atoms with Crippen LogP contribution in [0.2, 0.25) is 0 Å². The number of urea groups is 1.